The SMILES string of the molecule is CC(C)(O)CS(=O)(=O)c1cccc(COc2ccc(-c3ccnn3C3CCCCO3)nc2)c1. The van der Waals surface area contributed by atoms with E-state index < -0.39 is 15.4 Å². The lowest BCUT2D eigenvalue weighted by atomic mass is 10.2. The maximum atomic E-state index is 12.5. The molecule has 1 aliphatic rings. The van der Waals surface area contributed by atoms with E-state index in [1.54, 1.807) is 30.6 Å². The van der Waals surface area contributed by atoms with Gasteiger partial charge in [0.25, 0.3) is 0 Å². The molecule has 0 spiro atoms. The highest BCUT2D eigenvalue weighted by Crippen LogP contribution is 2.28. The van der Waals surface area contributed by atoms with Gasteiger partial charge in [-0.3, -0.25) is 4.98 Å². The van der Waals surface area contributed by atoms with Gasteiger partial charge >= 0.3 is 0 Å². The first-order valence-electron chi connectivity index (χ1n) is 11.0. The van der Waals surface area contributed by atoms with E-state index in [9.17, 15) is 13.5 Å². The van der Waals surface area contributed by atoms with Crippen molar-refractivity contribution in [2.24, 2.45) is 0 Å². The zero-order chi connectivity index (χ0) is 23.5. The number of aliphatic hydroxyl groups is 1. The molecule has 0 saturated carbocycles. The number of rotatable bonds is 8. The molecule has 1 aromatic carbocycles. The Balaban J connectivity index is 1.42. The fraction of sp³-hybridized carbons (Fsp3) is 0.417. The third-order valence-electron chi connectivity index (χ3n) is 5.30. The Morgan fingerprint density at radius 3 is 2.76 bits per heavy atom. The summed E-state index contributed by atoms with van der Waals surface area (Å²) in [6.45, 7) is 3.89. The van der Waals surface area contributed by atoms with E-state index in [0.717, 1.165) is 37.3 Å². The number of ether oxygens (including phenoxy) is 2. The van der Waals surface area contributed by atoms with Gasteiger partial charge in [-0.1, -0.05) is 12.1 Å². The predicted octanol–water partition coefficient (Wildman–Crippen LogP) is 3.77. The van der Waals surface area contributed by atoms with E-state index in [-0.39, 0.29) is 23.5 Å². The van der Waals surface area contributed by atoms with Crippen LogP contribution in [0.3, 0.4) is 0 Å². The molecule has 1 atom stereocenters. The molecule has 0 bridgehead atoms. The average molecular weight is 472 g/mol. The van der Waals surface area contributed by atoms with Crippen molar-refractivity contribution >= 4 is 9.84 Å². The Kier molecular flexibility index (Phi) is 6.83. The van der Waals surface area contributed by atoms with E-state index in [1.807, 2.05) is 22.9 Å². The maximum absolute atomic E-state index is 12.5. The lowest BCUT2D eigenvalue weighted by molar-refractivity contribution is -0.0384. The molecule has 3 aromatic rings. The monoisotopic (exact) mass is 471 g/mol. The fourth-order valence-electron chi connectivity index (χ4n) is 3.82. The number of sulfone groups is 1. The van der Waals surface area contributed by atoms with Gasteiger partial charge in [0.1, 0.15) is 12.4 Å². The van der Waals surface area contributed by atoms with Crippen LogP contribution in [0.2, 0.25) is 0 Å². The molecule has 0 radical (unpaired) electrons. The second-order valence-corrected chi connectivity index (χ2v) is 10.9. The summed E-state index contributed by atoms with van der Waals surface area (Å²) in [6, 6.07) is 12.2. The van der Waals surface area contributed by atoms with Crippen molar-refractivity contribution < 1.29 is 23.0 Å². The Labute approximate surface area is 194 Å². The minimum Gasteiger partial charge on any atom is -0.487 e. The number of aromatic nitrogens is 3. The van der Waals surface area contributed by atoms with E-state index in [0.29, 0.717) is 11.3 Å². The first-order valence-corrected chi connectivity index (χ1v) is 12.6. The van der Waals surface area contributed by atoms with Crippen LogP contribution < -0.4 is 4.74 Å². The molecule has 4 rings (SSSR count). The van der Waals surface area contributed by atoms with Crippen LogP contribution in [0.15, 0.2) is 59.8 Å². The molecule has 33 heavy (non-hydrogen) atoms. The quantitative estimate of drug-likeness (QED) is 0.533. The van der Waals surface area contributed by atoms with Crippen LogP contribution in [-0.2, 0) is 21.2 Å². The average Bonchev–Trinajstić information content (AvgIpc) is 3.27. The third-order valence-corrected chi connectivity index (χ3v) is 7.36. The highest BCUT2D eigenvalue weighted by atomic mass is 32.2. The summed E-state index contributed by atoms with van der Waals surface area (Å²) in [6.07, 6.45) is 6.44. The lowest BCUT2D eigenvalue weighted by Gasteiger charge is -2.24. The van der Waals surface area contributed by atoms with Gasteiger partial charge in [-0.15, -0.1) is 0 Å². The third kappa shape index (κ3) is 5.98. The Bertz CT molecular complexity index is 1180. The van der Waals surface area contributed by atoms with Gasteiger partial charge < -0.3 is 14.6 Å². The van der Waals surface area contributed by atoms with Crippen LogP contribution in [0.25, 0.3) is 11.4 Å². The number of benzene rings is 1. The van der Waals surface area contributed by atoms with E-state index in [2.05, 4.69) is 10.1 Å². The topological polar surface area (TPSA) is 104 Å². The Morgan fingerprint density at radius 2 is 2.06 bits per heavy atom. The van der Waals surface area contributed by atoms with Gasteiger partial charge in [0.15, 0.2) is 16.1 Å². The van der Waals surface area contributed by atoms with Crippen LogP contribution in [0.4, 0.5) is 0 Å². The molecule has 1 unspecified atom stereocenters. The fourth-order valence-corrected chi connectivity index (χ4v) is 5.54. The molecule has 9 heteroatoms. The summed E-state index contributed by atoms with van der Waals surface area (Å²) < 4.78 is 38.6. The zero-order valence-electron chi connectivity index (χ0n) is 18.8. The molecule has 2 aromatic heterocycles. The van der Waals surface area contributed by atoms with Gasteiger partial charge in [-0.2, -0.15) is 5.10 Å². The Hall–Kier alpha value is -2.75. The smallest absolute Gasteiger partial charge is 0.181 e. The normalized spacial score (nSPS) is 17.1. The molecule has 1 saturated heterocycles. The first-order chi connectivity index (χ1) is 15.7. The highest BCUT2D eigenvalue weighted by molar-refractivity contribution is 7.91. The molecule has 1 aliphatic heterocycles. The zero-order valence-corrected chi connectivity index (χ0v) is 19.7. The van der Waals surface area contributed by atoms with Gasteiger partial charge in [0.05, 0.1) is 33.8 Å². The Morgan fingerprint density at radius 1 is 1.21 bits per heavy atom. The molecule has 1 N–H and O–H groups in total. The van der Waals surface area contributed by atoms with Crippen molar-refractivity contribution in [1.82, 2.24) is 14.8 Å². The molecule has 176 valence electrons. The molecular formula is C24H29N3O5S. The number of pyridine rings is 1. The summed E-state index contributed by atoms with van der Waals surface area (Å²) in [5.41, 5.74) is 1.06. The van der Waals surface area contributed by atoms with Crippen LogP contribution in [0, 0.1) is 0 Å². The van der Waals surface area contributed by atoms with E-state index in [1.165, 1.54) is 19.9 Å². The molecule has 8 nitrogen and oxygen atoms in total. The van der Waals surface area contributed by atoms with E-state index in [4.69, 9.17) is 9.47 Å². The van der Waals surface area contributed by atoms with Crippen molar-refractivity contribution in [2.45, 2.75) is 56.4 Å². The largest absolute Gasteiger partial charge is 0.487 e. The van der Waals surface area contributed by atoms with Gasteiger partial charge in [0, 0.05) is 12.8 Å². The summed E-state index contributed by atoms with van der Waals surface area (Å²) in [5.74, 6) is 0.224. The summed E-state index contributed by atoms with van der Waals surface area (Å²) in [7, 11) is -3.60. The van der Waals surface area contributed by atoms with Gasteiger partial charge in [-0.05, 0) is 69.0 Å². The number of nitrogens with zero attached hydrogens (tertiary/aromatic N) is 3. The summed E-state index contributed by atoms with van der Waals surface area (Å²) in [5, 5.41) is 14.3. The minimum absolute atomic E-state index is 0.0681. The number of hydrogen-bond donors (Lipinski definition) is 1. The first kappa shape index (κ1) is 23.4. The van der Waals surface area contributed by atoms with Gasteiger partial charge in [0.2, 0.25) is 0 Å². The van der Waals surface area contributed by atoms with Crippen molar-refractivity contribution in [3.8, 4) is 17.1 Å². The van der Waals surface area contributed by atoms with Crippen molar-refractivity contribution in [3.63, 3.8) is 0 Å². The molecule has 3 heterocycles. The van der Waals surface area contributed by atoms with Gasteiger partial charge in [-0.25, -0.2) is 13.1 Å². The summed E-state index contributed by atoms with van der Waals surface area (Å²) in [4.78, 5) is 4.69. The van der Waals surface area contributed by atoms with E-state index >= 15 is 0 Å². The van der Waals surface area contributed by atoms with Crippen LogP contribution in [0.1, 0.15) is 44.9 Å². The predicted molar refractivity (Wildman–Crippen MR) is 123 cm³/mol. The maximum Gasteiger partial charge on any atom is 0.181 e. The highest BCUT2D eigenvalue weighted by Gasteiger charge is 2.25. The molecule has 0 amide bonds. The van der Waals surface area contributed by atoms with Crippen LogP contribution in [-0.4, -0.2) is 46.2 Å². The standard InChI is InChI=1S/C24H29N3O5S/c1-24(2,28)17-33(29,30)20-7-5-6-18(14-20)16-32-19-9-10-21(25-15-19)22-11-12-26-27(22)23-8-3-4-13-31-23/h5-7,9-12,14-15,23,28H,3-4,8,13,16-17H2,1-2H3. The van der Waals surface area contributed by atoms with Crippen molar-refractivity contribution in [2.75, 3.05) is 12.4 Å². The second kappa shape index (κ2) is 9.62. The number of hydrogen-bond acceptors (Lipinski definition) is 7. The second-order valence-electron chi connectivity index (χ2n) is 8.87. The minimum atomic E-state index is -3.60. The molecule has 1 fully saturated rings. The molecular weight excluding hydrogens is 442 g/mol. The summed E-state index contributed by atoms with van der Waals surface area (Å²) >= 11 is 0. The van der Waals surface area contributed by atoms with Crippen LogP contribution >= 0.6 is 0 Å². The van der Waals surface area contributed by atoms with Crippen molar-refractivity contribution in [1.29, 1.82) is 0 Å². The molecule has 0 aliphatic carbocycles. The van der Waals surface area contributed by atoms with Crippen LogP contribution in [0.5, 0.6) is 5.75 Å². The van der Waals surface area contributed by atoms with Crippen molar-refractivity contribution in [3.05, 3.63) is 60.4 Å². The lowest BCUT2D eigenvalue weighted by Crippen LogP contribution is -2.30.